The SMILES string of the molecule is CCCC(CNC(C)C)N(C)C1CCC1. The Bertz CT molecular complexity index is 164. The van der Waals surface area contributed by atoms with Gasteiger partial charge in [0.15, 0.2) is 0 Å². The Labute approximate surface area is 95.4 Å². The minimum atomic E-state index is 0.610. The Balaban J connectivity index is 2.33. The van der Waals surface area contributed by atoms with Gasteiger partial charge >= 0.3 is 0 Å². The molecule has 90 valence electrons. The van der Waals surface area contributed by atoms with Gasteiger partial charge < -0.3 is 5.32 Å². The van der Waals surface area contributed by atoms with Crippen molar-refractivity contribution in [2.45, 2.75) is 71.0 Å². The summed E-state index contributed by atoms with van der Waals surface area (Å²) in [6.45, 7) is 7.90. The van der Waals surface area contributed by atoms with E-state index in [9.17, 15) is 0 Å². The van der Waals surface area contributed by atoms with Gasteiger partial charge in [0.1, 0.15) is 0 Å². The lowest BCUT2D eigenvalue weighted by molar-refractivity contribution is 0.102. The van der Waals surface area contributed by atoms with Gasteiger partial charge in [0.25, 0.3) is 0 Å². The lowest BCUT2D eigenvalue weighted by Crippen LogP contribution is -2.49. The maximum absolute atomic E-state index is 3.57. The van der Waals surface area contributed by atoms with Crippen LogP contribution in [0.5, 0.6) is 0 Å². The van der Waals surface area contributed by atoms with E-state index in [0.717, 1.165) is 18.6 Å². The van der Waals surface area contributed by atoms with Crippen LogP contribution in [-0.4, -0.2) is 36.6 Å². The van der Waals surface area contributed by atoms with E-state index < -0.39 is 0 Å². The molecule has 2 heteroatoms. The third-order valence-corrected chi connectivity index (χ3v) is 3.61. The zero-order valence-electron chi connectivity index (χ0n) is 10.9. The van der Waals surface area contributed by atoms with Crippen molar-refractivity contribution in [3.8, 4) is 0 Å². The van der Waals surface area contributed by atoms with Gasteiger partial charge in [-0.15, -0.1) is 0 Å². The predicted molar refractivity (Wildman–Crippen MR) is 67.2 cm³/mol. The number of hydrogen-bond acceptors (Lipinski definition) is 2. The molecule has 1 aliphatic rings. The highest BCUT2D eigenvalue weighted by molar-refractivity contribution is 4.83. The summed E-state index contributed by atoms with van der Waals surface area (Å²) in [6.07, 6.45) is 6.89. The largest absolute Gasteiger partial charge is 0.313 e. The summed E-state index contributed by atoms with van der Waals surface area (Å²) in [5.74, 6) is 0. The third-order valence-electron chi connectivity index (χ3n) is 3.61. The average Bonchev–Trinajstić information content (AvgIpc) is 2.08. The molecule has 0 amide bonds. The summed E-state index contributed by atoms with van der Waals surface area (Å²) in [7, 11) is 2.31. The smallest absolute Gasteiger partial charge is 0.0220 e. The van der Waals surface area contributed by atoms with Crippen LogP contribution in [0.4, 0.5) is 0 Å². The standard InChI is InChI=1S/C13H28N2/c1-5-7-13(10-14-11(2)3)15(4)12-8-6-9-12/h11-14H,5-10H2,1-4H3. The van der Waals surface area contributed by atoms with Crippen molar-refractivity contribution in [2.75, 3.05) is 13.6 Å². The van der Waals surface area contributed by atoms with E-state index in [4.69, 9.17) is 0 Å². The summed E-state index contributed by atoms with van der Waals surface area (Å²) < 4.78 is 0. The van der Waals surface area contributed by atoms with Gasteiger partial charge in [0.05, 0.1) is 0 Å². The quantitative estimate of drug-likeness (QED) is 0.698. The number of likely N-dealkylation sites (N-methyl/N-ethyl adjacent to an activating group) is 1. The third kappa shape index (κ3) is 4.12. The van der Waals surface area contributed by atoms with Crippen molar-refractivity contribution in [3.05, 3.63) is 0 Å². The highest BCUT2D eigenvalue weighted by Crippen LogP contribution is 2.26. The number of rotatable bonds is 7. The maximum atomic E-state index is 3.57. The fourth-order valence-corrected chi connectivity index (χ4v) is 2.25. The van der Waals surface area contributed by atoms with Crippen LogP contribution in [-0.2, 0) is 0 Å². The van der Waals surface area contributed by atoms with Crippen LogP contribution in [0.2, 0.25) is 0 Å². The van der Waals surface area contributed by atoms with Crippen molar-refractivity contribution in [2.24, 2.45) is 0 Å². The molecule has 1 atom stereocenters. The molecule has 0 saturated heterocycles. The van der Waals surface area contributed by atoms with Gasteiger partial charge in [-0.2, -0.15) is 0 Å². The topological polar surface area (TPSA) is 15.3 Å². The first-order valence-corrected chi connectivity index (χ1v) is 6.60. The summed E-state index contributed by atoms with van der Waals surface area (Å²) >= 11 is 0. The highest BCUT2D eigenvalue weighted by atomic mass is 15.2. The van der Waals surface area contributed by atoms with Crippen molar-refractivity contribution in [1.29, 1.82) is 0 Å². The van der Waals surface area contributed by atoms with E-state index in [-0.39, 0.29) is 0 Å². The van der Waals surface area contributed by atoms with Crippen molar-refractivity contribution >= 4 is 0 Å². The monoisotopic (exact) mass is 212 g/mol. The molecule has 2 nitrogen and oxygen atoms in total. The van der Waals surface area contributed by atoms with Crippen LogP contribution in [0.15, 0.2) is 0 Å². The van der Waals surface area contributed by atoms with Gasteiger partial charge in [0.2, 0.25) is 0 Å². The molecule has 0 spiro atoms. The number of nitrogens with one attached hydrogen (secondary N) is 1. The first-order valence-electron chi connectivity index (χ1n) is 6.60. The molecule has 1 saturated carbocycles. The van der Waals surface area contributed by atoms with Crippen LogP contribution >= 0.6 is 0 Å². The van der Waals surface area contributed by atoms with Crippen molar-refractivity contribution in [3.63, 3.8) is 0 Å². The zero-order chi connectivity index (χ0) is 11.3. The van der Waals surface area contributed by atoms with Crippen LogP contribution in [0.25, 0.3) is 0 Å². The van der Waals surface area contributed by atoms with Gasteiger partial charge in [-0.25, -0.2) is 0 Å². The van der Waals surface area contributed by atoms with Gasteiger partial charge in [-0.3, -0.25) is 4.90 Å². The molecule has 0 aromatic rings. The van der Waals surface area contributed by atoms with Crippen LogP contribution in [0.1, 0.15) is 52.9 Å². The molecular formula is C13H28N2. The minimum absolute atomic E-state index is 0.610. The fourth-order valence-electron chi connectivity index (χ4n) is 2.25. The number of nitrogens with zero attached hydrogens (tertiary/aromatic N) is 1. The van der Waals surface area contributed by atoms with Crippen LogP contribution in [0.3, 0.4) is 0 Å². The Morgan fingerprint density at radius 3 is 2.40 bits per heavy atom. The predicted octanol–water partition coefficient (Wildman–Crippen LogP) is 2.64. The van der Waals surface area contributed by atoms with E-state index >= 15 is 0 Å². The molecule has 0 bridgehead atoms. The molecule has 0 aliphatic heterocycles. The zero-order valence-corrected chi connectivity index (χ0v) is 10.9. The summed E-state index contributed by atoms with van der Waals surface area (Å²) in [5.41, 5.74) is 0. The van der Waals surface area contributed by atoms with E-state index in [0.29, 0.717) is 6.04 Å². The lowest BCUT2D eigenvalue weighted by Gasteiger charge is -2.40. The minimum Gasteiger partial charge on any atom is -0.313 e. The second-order valence-corrected chi connectivity index (χ2v) is 5.26. The van der Waals surface area contributed by atoms with E-state index in [1.54, 1.807) is 0 Å². The highest BCUT2D eigenvalue weighted by Gasteiger charge is 2.26. The van der Waals surface area contributed by atoms with Crippen molar-refractivity contribution < 1.29 is 0 Å². The second kappa shape index (κ2) is 6.49. The first-order chi connectivity index (χ1) is 7.15. The van der Waals surface area contributed by atoms with Gasteiger partial charge in [-0.05, 0) is 26.3 Å². The first kappa shape index (κ1) is 13.0. The molecule has 15 heavy (non-hydrogen) atoms. The molecule has 0 heterocycles. The lowest BCUT2D eigenvalue weighted by atomic mass is 9.90. The Kier molecular flexibility index (Phi) is 5.62. The van der Waals surface area contributed by atoms with E-state index in [2.05, 4.69) is 38.0 Å². The number of hydrogen-bond donors (Lipinski definition) is 1. The molecule has 1 unspecified atom stereocenters. The molecule has 0 aromatic carbocycles. The summed E-state index contributed by atoms with van der Waals surface area (Å²) in [5, 5.41) is 3.57. The molecule has 0 aromatic heterocycles. The molecule has 1 rings (SSSR count). The molecule has 1 fully saturated rings. The van der Waals surface area contributed by atoms with Gasteiger partial charge in [0, 0.05) is 24.7 Å². The van der Waals surface area contributed by atoms with E-state index in [1.807, 2.05) is 0 Å². The maximum Gasteiger partial charge on any atom is 0.0220 e. The van der Waals surface area contributed by atoms with E-state index in [1.165, 1.54) is 32.1 Å². The Morgan fingerprint density at radius 1 is 1.33 bits per heavy atom. The Morgan fingerprint density at radius 2 is 2.00 bits per heavy atom. The van der Waals surface area contributed by atoms with Crippen LogP contribution in [0, 0.1) is 0 Å². The molecular weight excluding hydrogens is 184 g/mol. The van der Waals surface area contributed by atoms with Crippen LogP contribution < -0.4 is 5.32 Å². The fraction of sp³-hybridized carbons (Fsp3) is 1.00. The average molecular weight is 212 g/mol. The Hall–Kier alpha value is -0.0800. The normalized spacial score (nSPS) is 19.6. The van der Waals surface area contributed by atoms with Crippen molar-refractivity contribution in [1.82, 2.24) is 10.2 Å². The van der Waals surface area contributed by atoms with Gasteiger partial charge in [-0.1, -0.05) is 33.6 Å². The molecule has 1 aliphatic carbocycles. The summed E-state index contributed by atoms with van der Waals surface area (Å²) in [4.78, 5) is 2.61. The molecule has 1 N–H and O–H groups in total. The molecule has 0 radical (unpaired) electrons. The summed E-state index contributed by atoms with van der Waals surface area (Å²) in [6, 6.07) is 2.22. The second-order valence-electron chi connectivity index (χ2n) is 5.26.